The second kappa shape index (κ2) is 9.29. The van der Waals surface area contributed by atoms with Gasteiger partial charge in [-0.1, -0.05) is 6.42 Å². The summed E-state index contributed by atoms with van der Waals surface area (Å²) in [6.07, 6.45) is 3.57. The van der Waals surface area contributed by atoms with Crippen molar-refractivity contribution in [2.45, 2.75) is 49.9 Å². The van der Waals surface area contributed by atoms with Gasteiger partial charge in [-0.05, 0) is 44.0 Å². The topological polar surface area (TPSA) is 81.8 Å². The first-order valence-corrected chi connectivity index (χ1v) is 11.9. The van der Waals surface area contributed by atoms with Gasteiger partial charge in [0.05, 0.1) is 12.1 Å². The maximum absolute atomic E-state index is 12.6. The molecule has 0 radical (unpaired) electrons. The molecule has 0 saturated carbocycles. The first kappa shape index (κ1) is 21.0. The third-order valence-electron chi connectivity index (χ3n) is 6.34. The van der Waals surface area contributed by atoms with Crippen molar-refractivity contribution in [3.63, 3.8) is 0 Å². The quantitative estimate of drug-likeness (QED) is 0.394. The lowest BCUT2D eigenvalue weighted by molar-refractivity contribution is -0.131. The molecule has 0 bridgehead atoms. The molecule has 0 spiro atoms. The number of carbonyl (C=O) groups is 3. The molecule has 3 atom stereocenters. The number of hydrogen-bond donors (Lipinski definition) is 2. The van der Waals surface area contributed by atoms with E-state index in [1.165, 1.54) is 0 Å². The van der Waals surface area contributed by atoms with Gasteiger partial charge in [0.25, 0.3) is 0 Å². The molecule has 4 rings (SSSR count). The van der Waals surface area contributed by atoms with Crippen molar-refractivity contribution >= 4 is 35.2 Å². The Morgan fingerprint density at radius 3 is 2.50 bits per heavy atom. The van der Waals surface area contributed by atoms with E-state index in [0.717, 1.165) is 62.4 Å². The van der Waals surface area contributed by atoms with Gasteiger partial charge in [0.2, 0.25) is 5.91 Å². The number of urea groups is 1. The van der Waals surface area contributed by atoms with Gasteiger partial charge in [-0.25, -0.2) is 4.79 Å². The SMILES string of the molecule is CC(=O)c1ccc(N2CCN(C(=O)CCCC[C@@H]3SC[C@@H]4NC(=O)N[C@H]43)CC2)cc1. The summed E-state index contributed by atoms with van der Waals surface area (Å²) < 4.78 is 0. The van der Waals surface area contributed by atoms with Crippen LogP contribution in [0.25, 0.3) is 0 Å². The Bertz CT molecular complexity index is 792. The van der Waals surface area contributed by atoms with Crippen LogP contribution >= 0.6 is 11.8 Å². The van der Waals surface area contributed by atoms with E-state index in [1.54, 1.807) is 6.92 Å². The van der Waals surface area contributed by atoms with Crippen LogP contribution in [0, 0.1) is 0 Å². The van der Waals surface area contributed by atoms with E-state index < -0.39 is 0 Å². The summed E-state index contributed by atoms with van der Waals surface area (Å²) in [6.45, 7) is 4.70. The fourth-order valence-corrected chi connectivity index (χ4v) is 6.09. The number of rotatable bonds is 7. The first-order chi connectivity index (χ1) is 14.5. The number of thioether (sulfide) groups is 1. The summed E-state index contributed by atoms with van der Waals surface area (Å²) in [7, 11) is 0. The van der Waals surface area contributed by atoms with Crippen LogP contribution in [-0.4, -0.2) is 71.9 Å². The largest absolute Gasteiger partial charge is 0.368 e. The Labute approximate surface area is 181 Å². The monoisotopic (exact) mass is 430 g/mol. The minimum absolute atomic E-state index is 0.0422. The standard InChI is InChI=1S/C22H30N4O3S/c1-15(27)16-6-8-17(9-7-16)25-10-12-26(13-11-25)20(28)5-3-2-4-19-21-18(14-30-19)23-22(29)24-21/h6-9,18-19,21H,2-5,10-14H2,1H3,(H2,23,24,29)/t18-,19-,21+/m0/s1. The number of unbranched alkanes of at least 4 members (excludes halogenated alkanes) is 1. The van der Waals surface area contributed by atoms with Crippen LogP contribution in [-0.2, 0) is 4.79 Å². The molecule has 3 aliphatic heterocycles. The second-order valence-electron chi connectivity index (χ2n) is 8.34. The van der Waals surface area contributed by atoms with Gasteiger partial charge in [0.1, 0.15) is 0 Å². The molecule has 3 heterocycles. The second-order valence-corrected chi connectivity index (χ2v) is 9.61. The van der Waals surface area contributed by atoms with Gasteiger partial charge in [0, 0.05) is 54.9 Å². The molecule has 7 nitrogen and oxygen atoms in total. The van der Waals surface area contributed by atoms with Crippen molar-refractivity contribution in [2.24, 2.45) is 0 Å². The summed E-state index contributed by atoms with van der Waals surface area (Å²) in [5.41, 5.74) is 1.83. The number of anilines is 1. The van der Waals surface area contributed by atoms with E-state index in [9.17, 15) is 14.4 Å². The van der Waals surface area contributed by atoms with Gasteiger partial charge in [0.15, 0.2) is 5.78 Å². The highest BCUT2D eigenvalue weighted by Gasteiger charge is 2.42. The molecular weight excluding hydrogens is 400 g/mol. The predicted octanol–water partition coefficient (Wildman–Crippen LogP) is 2.26. The Morgan fingerprint density at radius 1 is 1.07 bits per heavy atom. The highest BCUT2D eigenvalue weighted by atomic mass is 32.2. The van der Waals surface area contributed by atoms with E-state index in [1.807, 2.05) is 40.9 Å². The molecule has 1 aromatic rings. The molecule has 0 aliphatic carbocycles. The number of carbonyl (C=O) groups excluding carboxylic acids is 3. The van der Waals surface area contributed by atoms with E-state index in [2.05, 4.69) is 15.5 Å². The predicted molar refractivity (Wildman–Crippen MR) is 119 cm³/mol. The Kier molecular flexibility index (Phi) is 6.51. The zero-order valence-corrected chi connectivity index (χ0v) is 18.2. The minimum atomic E-state index is -0.0422. The molecule has 2 N–H and O–H groups in total. The number of Topliss-reactive ketones (excluding diaryl/α,β-unsaturated/α-hetero) is 1. The van der Waals surface area contributed by atoms with Crippen molar-refractivity contribution in [2.75, 3.05) is 36.8 Å². The molecule has 0 aromatic heterocycles. The van der Waals surface area contributed by atoms with Crippen molar-refractivity contribution in [1.29, 1.82) is 0 Å². The molecule has 3 saturated heterocycles. The lowest BCUT2D eigenvalue weighted by atomic mass is 10.0. The molecule has 0 unspecified atom stereocenters. The molecule has 1 aromatic carbocycles. The van der Waals surface area contributed by atoms with Crippen LogP contribution in [0.1, 0.15) is 43.0 Å². The fourth-order valence-electron chi connectivity index (χ4n) is 4.54. The van der Waals surface area contributed by atoms with E-state index in [4.69, 9.17) is 0 Å². The lowest BCUT2D eigenvalue weighted by Crippen LogP contribution is -2.48. The zero-order valence-electron chi connectivity index (χ0n) is 17.4. The zero-order chi connectivity index (χ0) is 21.1. The lowest BCUT2D eigenvalue weighted by Gasteiger charge is -2.36. The number of nitrogens with zero attached hydrogens (tertiary/aromatic N) is 2. The van der Waals surface area contributed by atoms with Gasteiger partial charge in [-0.15, -0.1) is 0 Å². The number of hydrogen-bond acceptors (Lipinski definition) is 5. The summed E-state index contributed by atoms with van der Waals surface area (Å²) in [5.74, 6) is 1.30. The Balaban J connectivity index is 1.15. The van der Waals surface area contributed by atoms with Crippen molar-refractivity contribution in [3.05, 3.63) is 29.8 Å². The van der Waals surface area contributed by atoms with Crippen LogP contribution in [0.2, 0.25) is 0 Å². The average Bonchev–Trinajstić information content (AvgIpc) is 3.30. The number of amides is 3. The highest BCUT2D eigenvalue weighted by molar-refractivity contribution is 8.00. The van der Waals surface area contributed by atoms with E-state index in [-0.39, 0.29) is 29.8 Å². The van der Waals surface area contributed by atoms with Gasteiger partial charge in [-0.3, -0.25) is 9.59 Å². The fraction of sp³-hybridized carbons (Fsp3) is 0.591. The smallest absolute Gasteiger partial charge is 0.315 e. The summed E-state index contributed by atoms with van der Waals surface area (Å²) in [4.78, 5) is 39.7. The van der Waals surface area contributed by atoms with E-state index in [0.29, 0.717) is 11.7 Å². The molecule has 30 heavy (non-hydrogen) atoms. The van der Waals surface area contributed by atoms with Gasteiger partial charge in [-0.2, -0.15) is 11.8 Å². The summed E-state index contributed by atoms with van der Waals surface area (Å²) in [5, 5.41) is 6.46. The van der Waals surface area contributed by atoms with Crippen LogP contribution in [0.3, 0.4) is 0 Å². The van der Waals surface area contributed by atoms with Crippen molar-refractivity contribution in [3.8, 4) is 0 Å². The molecule has 3 amide bonds. The van der Waals surface area contributed by atoms with Gasteiger partial charge < -0.3 is 20.4 Å². The van der Waals surface area contributed by atoms with Crippen molar-refractivity contribution in [1.82, 2.24) is 15.5 Å². The molecule has 3 fully saturated rings. The van der Waals surface area contributed by atoms with E-state index >= 15 is 0 Å². The molecule has 3 aliphatic rings. The third-order valence-corrected chi connectivity index (χ3v) is 7.85. The molecular formula is C22H30N4O3S. The summed E-state index contributed by atoms with van der Waals surface area (Å²) in [6, 6.07) is 8.18. The maximum atomic E-state index is 12.6. The maximum Gasteiger partial charge on any atom is 0.315 e. The first-order valence-electron chi connectivity index (χ1n) is 10.8. The molecule has 162 valence electrons. The number of piperazine rings is 1. The Hall–Kier alpha value is -2.22. The van der Waals surface area contributed by atoms with Crippen LogP contribution in [0.5, 0.6) is 0 Å². The number of fused-ring (bicyclic) bond motifs is 1. The number of benzene rings is 1. The third kappa shape index (κ3) is 4.74. The summed E-state index contributed by atoms with van der Waals surface area (Å²) >= 11 is 1.93. The van der Waals surface area contributed by atoms with Crippen molar-refractivity contribution < 1.29 is 14.4 Å². The van der Waals surface area contributed by atoms with Crippen LogP contribution in [0.4, 0.5) is 10.5 Å². The van der Waals surface area contributed by atoms with Crippen LogP contribution in [0.15, 0.2) is 24.3 Å². The molecule has 8 heteroatoms. The van der Waals surface area contributed by atoms with Gasteiger partial charge >= 0.3 is 6.03 Å². The normalized spacial score (nSPS) is 25.6. The minimum Gasteiger partial charge on any atom is -0.368 e. The van der Waals surface area contributed by atoms with Crippen LogP contribution < -0.4 is 15.5 Å². The average molecular weight is 431 g/mol. The Morgan fingerprint density at radius 2 is 1.80 bits per heavy atom. The number of nitrogens with one attached hydrogen (secondary N) is 2. The highest BCUT2D eigenvalue weighted by Crippen LogP contribution is 2.33. The number of ketones is 1.